The van der Waals surface area contributed by atoms with E-state index in [1.807, 2.05) is 19.9 Å². The van der Waals surface area contributed by atoms with Gasteiger partial charge in [-0.15, -0.1) is 0 Å². The molecule has 0 unspecified atom stereocenters. The molecule has 1 rings (SSSR count). The number of nitrogens with zero attached hydrogens (tertiary/aromatic N) is 1. The van der Waals surface area contributed by atoms with Gasteiger partial charge in [-0.1, -0.05) is 33.8 Å². The Labute approximate surface area is 90.4 Å². The van der Waals surface area contributed by atoms with E-state index in [2.05, 4.69) is 24.1 Å². The van der Waals surface area contributed by atoms with Crippen molar-refractivity contribution in [3.05, 3.63) is 23.9 Å². The third-order valence-corrected chi connectivity index (χ3v) is 1.69. The molecule has 1 amide bonds. The highest BCUT2D eigenvalue weighted by Crippen LogP contribution is 2.14. The molecule has 0 atom stereocenters. The number of anilines is 1. The second-order valence-electron chi connectivity index (χ2n) is 3.06. The second-order valence-corrected chi connectivity index (χ2v) is 3.06. The Balaban J connectivity index is 0.000000921. The number of nitrogens with one attached hydrogen (secondary N) is 1. The highest BCUT2D eigenvalue weighted by atomic mass is 16.4. The third kappa shape index (κ3) is 5.00. The van der Waals surface area contributed by atoms with Gasteiger partial charge in [-0.05, 0) is 17.5 Å². The Morgan fingerprint density at radius 3 is 2.33 bits per heavy atom. The molecule has 0 aromatic carbocycles. The van der Waals surface area contributed by atoms with Gasteiger partial charge in [-0.3, -0.25) is 5.32 Å². The zero-order valence-electron chi connectivity index (χ0n) is 9.61. The van der Waals surface area contributed by atoms with E-state index in [4.69, 9.17) is 5.11 Å². The second kappa shape index (κ2) is 6.81. The van der Waals surface area contributed by atoms with E-state index in [0.717, 1.165) is 5.56 Å². The fourth-order valence-electron chi connectivity index (χ4n) is 0.930. The number of rotatable bonds is 2. The van der Waals surface area contributed by atoms with E-state index >= 15 is 0 Å². The van der Waals surface area contributed by atoms with Gasteiger partial charge in [-0.25, -0.2) is 9.78 Å². The highest BCUT2D eigenvalue weighted by molar-refractivity contribution is 5.81. The van der Waals surface area contributed by atoms with Crippen LogP contribution in [0.4, 0.5) is 10.6 Å². The summed E-state index contributed by atoms with van der Waals surface area (Å²) in [5.74, 6) is 0.767. The maximum Gasteiger partial charge on any atom is 0.410 e. The lowest BCUT2D eigenvalue weighted by Crippen LogP contribution is -2.08. The van der Waals surface area contributed by atoms with Gasteiger partial charge >= 0.3 is 6.09 Å². The van der Waals surface area contributed by atoms with Crippen LogP contribution in [0, 0.1) is 0 Å². The van der Waals surface area contributed by atoms with E-state index < -0.39 is 6.09 Å². The van der Waals surface area contributed by atoms with Crippen molar-refractivity contribution in [2.24, 2.45) is 0 Å². The molecule has 1 aromatic rings. The molecule has 15 heavy (non-hydrogen) atoms. The summed E-state index contributed by atoms with van der Waals surface area (Å²) in [7, 11) is 0. The van der Waals surface area contributed by atoms with Crippen molar-refractivity contribution < 1.29 is 9.90 Å². The van der Waals surface area contributed by atoms with Crippen LogP contribution in [0.25, 0.3) is 0 Å². The Bertz CT molecular complexity index is 294. The smallest absolute Gasteiger partial charge is 0.410 e. The minimum absolute atomic E-state index is 0.358. The quantitative estimate of drug-likeness (QED) is 0.787. The zero-order valence-corrected chi connectivity index (χ0v) is 9.61. The maximum atomic E-state index is 10.2. The summed E-state index contributed by atoms with van der Waals surface area (Å²) in [4.78, 5) is 14.2. The van der Waals surface area contributed by atoms with Crippen molar-refractivity contribution in [3.8, 4) is 0 Å². The van der Waals surface area contributed by atoms with Gasteiger partial charge in [0, 0.05) is 6.20 Å². The van der Waals surface area contributed by atoms with Crippen LogP contribution in [0.15, 0.2) is 18.3 Å². The Hall–Kier alpha value is -1.58. The molecule has 0 spiro atoms. The first-order valence-corrected chi connectivity index (χ1v) is 5.05. The Kier molecular flexibility index (Phi) is 6.09. The van der Waals surface area contributed by atoms with Crippen LogP contribution in [0.1, 0.15) is 39.2 Å². The molecule has 4 heteroatoms. The van der Waals surface area contributed by atoms with Crippen LogP contribution in [0.2, 0.25) is 0 Å². The average Bonchev–Trinajstić information content (AvgIpc) is 2.20. The number of hydrogen-bond donors (Lipinski definition) is 2. The first-order valence-electron chi connectivity index (χ1n) is 5.05. The van der Waals surface area contributed by atoms with Crippen LogP contribution in [0.3, 0.4) is 0 Å². The van der Waals surface area contributed by atoms with Gasteiger partial charge in [0.15, 0.2) is 0 Å². The fraction of sp³-hybridized carbons (Fsp3) is 0.455. The van der Waals surface area contributed by atoms with Crippen molar-refractivity contribution in [2.75, 3.05) is 5.32 Å². The number of hydrogen-bond acceptors (Lipinski definition) is 2. The van der Waals surface area contributed by atoms with E-state index in [1.54, 1.807) is 12.3 Å². The minimum Gasteiger partial charge on any atom is -0.465 e. The SMILES string of the molecule is CC.CC(C)c1ccc(NC(=O)O)nc1. The molecule has 4 nitrogen and oxygen atoms in total. The molecule has 0 fully saturated rings. The molecule has 0 aliphatic rings. The summed E-state index contributed by atoms with van der Waals surface area (Å²) in [6.45, 7) is 8.11. The van der Waals surface area contributed by atoms with Crippen molar-refractivity contribution in [2.45, 2.75) is 33.6 Å². The number of pyridine rings is 1. The molecule has 0 aliphatic carbocycles. The fourth-order valence-corrected chi connectivity index (χ4v) is 0.930. The lowest BCUT2D eigenvalue weighted by atomic mass is 10.1. The van der Waals surface area contributed by atoms with Gasteiger partial charge in [-0.2, -0.15) is 0 Å². The minimum atomic E-state index is -1.09. The molecule has 1 aromatic heterocycles. The highest BCUT2D eigenvalue weighted by Gasteiger charge is 2.01. The number of carboxylic acid groups (broad SMARTS) is 1. The zero-order chi connectivity index (χ0) is 11.8. The molecule has 84 valence electrons. The van der Waals surface area contributed by atoms with Crippen molar-refractivity contribution in [3.63, 3.8) is 0 Å². The number of carbonyl (C=O) groups is 1. The molecule has 0 radical (unpaired) electrons. The van der Waals surface area contributed by atoms with Gasteiger partial charge in [0.05, 0.1) is 0 Å². The average molecular weight is 210 g/mol. The van der Waals surface area contributed by atoms with E-state index in [1.165, 1.54) is 0 Å². The lowest BCUT2D eigenvalue weighted by molar-refractivity contribution is 0.209. The van der Waals surface area contributed by atoms with Crippen LogP contribution in [-0.2, 0) is 0 Å². The summed E-state index contributed by atoms with van der Waals surface area (Å²) in [5, 5.41) is 10.6. The summed E-state index contributed by atoms with van der Waals surface area (Å²) < 4.78 is 0. The van der Waals surface area contributed by atoms with Gasteiger partial charge in [0.25, 0.3) is 0 Å². The van der Waals surface area contributed by atoms with Crippen LogP contribution < -0.4 is 5.32 Å². The first-order chi connectivity index (χ1) is 7.09. The van der Waals surface area contributed by atoms with Crippen LogP contribution in [0.5, 0.6) is 0 Å². The molecular weight excluding hydrogens is 192 g/mol. The van der Waals surface area contributed by atoms with Gasteiger partial charge < -0.3 is 5.11 Å². The Morgan fingerprint density at radius 2 is 2.00 bits per heavy atom. The van der Waals surface area contributed by atoms with E-state index in [-0.39, 0.29) is 0 Å². The van der Waals surface area contributed by atoms with Crippen molar-refractivity contribution >= 4 is 11.9 Å². The predicted molar refractivity (Wildman–Crippen MR) is 61.3 cm³/mol. The molecule has 0 bridgehead atoms. The molecule has 0 aliphatic heterocycles. The molecule has 0 saturated heterocycles. The lowest BCUT2D eigenvalue weighted by Gasteiger charge is -2.05. The third-order valence-electron chi connectivity index (χ3n) is 1.69. The topological polar surface area (TPSA) is 62.2 Å². The molecule has 1 heterocycles. The first kappa shape index (κ1) is 13.4. The van der Waals surface area contributed by atoms with Crippen LogP contribution in [-0.4, -0.2) is 16.2 Å². The Morgan fingerprint density at radius 1 is 1.40 bits per heavy atom. The van der Waals surface area contributed by atoms with Crippen molar-refractivity contribution in [1.29, 1.82) is 0 Å². The molecule has 2 N–H and O–H groups in total. The van der Waals surface area contributed by atoms with Crippen molar-refractivity contribution in [1.82, 2.24) is 4.98 Å². The molecular formula is C11H18N2O2. The van der Waals surface area contributed by atoms with Gasteiger partial charge in [0.2, 0.25) is 0 Å². The van der Waals surface area contributed by atoms with E-state index in [9.17, 15) is 4.79 Å². The number of amides is 1. The summed E-state index contributed by atoms with van der Waals surface area (Å²) in [6, 6.07) is 3.52. The summed E-state index contributed by atoms with van der Waals surface area (Å²) >= 11 is 0. The summed E-state index contributed by atoms with van der Waals surface area (Å²) in [6.07, 6.45) is 0.584. The summed E-state index contributed by atoms with van der Waals surface area (Å²) in [5.41, 5.74) is 1.09. The number of aromatic nitrogens is 1. The maximum absolute atomic E-state index is 10.2. The standard InChI is InChI=1S/C9H12N2O2.C2H6/c1-6(2)7-3-4-8(10-5-7)11-9(12)13;1-2/h3-6H,1-2H3,(H,10,11)(H,12,13);1-2H3. The largest absolute Gasteiger partial charge is 0.465 e. The normalized spacial score (nSPS) is 9.13. The van der Waals surface area contributed by atoms with E-state index in [0.29, 0.717) is 11.7 Å². The molecule has 0 saturated carbocycles. The monoisotopic (exact) mass is 210 g/mol. The predicted octanol–water partition coefficient (Wildman–Crippen LogP) is 3.32. The van der Waals surface area contributed by atoms with Crippen LogP contribution >= 0.6 is 0 Å². The van der Waals surface area contributed by atoms with Gasteiger partial charge in [0.1, 0.15) is 5.82 Å².